The Bertz CT molecular complexity index is 986. The van der Waals surface area contributed by atoms with E-state index >= 15 is 0 Å². The van der Waals surface area contributed by atoms with Crippen molar-refractivity contribution < 1.29 is 4.79 Å². The zero-order chi connectivity index (χ0) is 19.5. The minimum atomic E-state index is -0.00482. The highest BCUT2D eigenvalue weighted by Gasteiger charge is 2.26. The van der Waals surface area contributed by atoms with Gasteiger partial charge in [0.05, 0.1) is 23.7 Å². The lowest BCUT2D eigenvalue weighted by molar-refractivity contribution is -0.119. The topological polar surface area (TPSA) is 72.7 Å². The van der Waals surface area contributed by atoms with Crippen molar-refractivity contribution in [2.45, 2.75) is 44.3 Å². The summed E-state index contributed by atoms with van der Waals surface area (Å²) < 4.78 is 2.04. The molecule has 4 rings (SSSR count). The van der Waals surface area contributed by atoms with E-state index in [0.29, 0.717) is 10.9 Å². The van der Waals surface area contributed by atoms with Crippen LogP contribution in [0.2, 0.25) is 0 Å². The van der Waals surface area contributed by atoms with Crippen LogP contribution in [0.15, 0.2) is 48.0 Å². The summed E-state index contributed by atoms with van der Waals surface area (Å²) >= 11 is 1.35. The average Bonchev–Trinajstić information content (AvgIpc) is 3.14. The van der Waals surface area contributed by atoms with E-state index in [4.69, 9.17) is 0 Å². The number of hydrogen-bond donors (Lipinski definition) is 1. The summed E-state index contributed by atoms with van der Waals surface area (Å²) in [5.74, 6) is 0.302. The molecule has 0 saturated carbocycles. The summed E-state index contributed by atoms with van der Waals surface area (Å²) in [5.41, 5.74) is 5.93. The highest BCUT2D eigenvalue weighted by molar-refractivity contribution is 7.99. The maximum absolute atomic E-state index is 12.5. The van der Waals surface area contributed by atoms with Gasteiger partial charge < -0.3 is 5.32 Å². The quantitative estimate of drug-likeness (QED) is 0.530. The first-order valence-corrected chi connectivity index (χ1v) is 10.4. The fourth-order valence-corrected chi connectivity index (χ4v) is 4.22. The number of amides is 1. The van der Waals surface area contributed by atoms with Gasteiger partial charge in [0.1, 0.15) is 0 Å². The molecule has 6 nitrogen and oxygen atoms in total. The van der Waals surface area contributed by atoms with Crippen molar-refractivity contribution >= 4 is 17.7 Å². The van der Waals surface area contributed by atoms with Crippen molar-refractivity contribution in [3.63, 3.8) is 0 Å². The molecule has 1 aliphatic rings. The number of aryl methyl sites for hydroxylation is 1. The number of benzene rings is 1. The van der Waals surface area contributed by atoms with E-state index in [1.54, 1.807) is 18.5 Å². The summed E-state index contributed by atoms with van der Waals surface area (Å²) in [6.45, 7) is 4.25. The largest absolute Gasteiger partial charge is 0.348 e. The van der Waals surface area contributed by atoms with Crippen LogP contribution in [-0.4, -0.2) is 31.4 Å². The van der Waals surface area contributed by atoms with E-state index < -0.39 is 0 Å². The van der Waals surface area contributed by atoms with Crippen molar-refractivity contribution in [3.8, 4) is 5.69 Å². The van der Waals surface area contributed by atoms with Gasteiger partial charge in [-0.25, -0.2) is 14.6 Å². The number of nitrogens with zero attached hydrogens (tertiary/aromatic N) is 4. The molecule has 0 spiro atoms. The van der Waals surface area contributed by atoms with Crippen molar-refractivity contribution in [3.05, 3.63) is 65.2 Å². The first-order valence-electron chi connectivity index (χ1n) is 9.46. The molecule has 28 heavy (non-hydrogen) atoms. The molecule has 1 atom stereocenters. The summed E-state index contributed by atoms with van der Waals surface area (Å²) in [5, 5.41) is 8.44. The van der Waals surface area contributed by atoms with Gasteiger partial charge in [-0.05, 0) is 56.4 Å². The predicted molar refractivity (Wildman–Crippen MR) is 110 cm³/mol. The Kier molecular flexibility index (Phi) is 5.43. The number of rotatable bonds is 5. The summed E-state index contributed by atoms with van der Waals surface area (Å²) in [6.07, 6.45) is 8.22. The molecule has 1 aliphatic carbocycles. The van der Waals surface area contributed by atoms with Gasteiger partial charge in [0, 0.05) is 23.7 Å². The third kappa shape index (κ3) is 3.80. The second kappa shape index (κ2) is 8.14. The first-order chi connectivity index (χ1) is 13.6. The van der Waals surface area contributed by atoms with Gasteiger partial charge in [0.15, 0.2) is 5.16 Å². The Morgan fingerprint density at radius 2 is 2.07 bits per heavy atom. The molecule has 3 aromatic rings. The Morgan fingerprint density at radius 3 is 2.89 bits per heavy atom. The molecule has 0 aliphatic heterocycles. The monoisotopic (exact) mass is 393 g/mol. The second-order valence-corrected chi connectivity index (χ2v) is 7.95. The molecule has 0 fully saturated rings. The SMILES string of the molecule is Cc1cccc(-n2ncc3c2CCC[C@H]3NC(=O)CSc2ncccn2)c1C. The van der Waals surface area contributed by atoms with E-state index in [-0.39, 0.29) is 11.9 Å². The number of aromatic nitrogens is 4. The van der Waals surface area contributed by atoms with E-state index in [0.717, 1.165) is 30.5 Å². The molecule has 1 N–H and O–H groups in total. The Labute approximate surface area is 168 Å². The van der Waals surface area contributed by atoms with Gasteiger partial charge in [0.2, 0.25) is 5.91 Å². The average molecular weight is 394 g/mol. The normalized spacial score (nSPS) is 15.9. The number of carbonyl (C=O) groups excluding carboxylic acids is 1. The lowest BCUT2D eigenvalue weighted by Gasteiger charge is -2.24. The van der Waals surface area contributed by atoms with Crippen LogP contribution in [0.5, 0.6) is 0 Å². The van der Waals surface area contributed by atoms with Crippen molar-refractivity contribution in [1.29, 1.82) is 0 Å². The molecule has 2 heterocycles. The molecular formula is C21H23N5OS. The van der Waals surface area contributed by atoms with Crippen LogP contribution in [0, 0.1) is 13.8 Å². The predicted octanol–water partition coefficient (Wildman–Crippen LogP) is 3.57. The Morgan fingerprint density at radius 1 is 1.25 bits per heavy atom. The first kappa shape index (κ1) is 18.7. The third-order valence-electron chi connectivity index (χ3n) is 5.20. The van der Waals surface area contributed by atoms with E-state index in [9.17, 15) is 4.79 Å². The van der Waals surface area contributed by atoms with E-state index in [2.05, 4.69) is 52.4 Å². The number of carbonyl (C=O) groups is 1. The fraction of sp³-hybridized carbons (Fsp3) is 0.333. The summed E-state index contributed by atoms with van der Waals surface area (Å²) in [4.78, 5) is 20.7. The van der Waals surface area contributed by atoms with Crippen LogP contribution in [0.4, 0.5) is 0 Å². The minimum Gasteiger partial charge on any atom is -0.348 e. The van der Waals surface area contributed by atoms with Gasteiger partial charge in [-0.1, -0.05) is 23.9 Å². The lowest BCUT2D eigenvalue weighted by atomic mass is 9.92. The molecular weight excluding hydrogens is 370 g/mol. The fourth-order valence-electron chi connectivity index (χ4n) is 3.61. The van der Waals surface area contributed by atoms with Gasteiger partial charge >= 0.3 is 0 Å². The molecule has 144 valence electrons. The van der Waals surface area contributed by atoms with Crippen LogP contribution < -0.4 is 5.32 Å². The summed E-state index contributed by atoms with van der Waals surface area (Å²) in [6, 6.07) is 8.06. The molecule has 0 bridgehead atoms. The van der Waals surface area contributed by atoms with Crippen LogP contribution >= 0.6 is 11.8 Å². The molecule has 0 saturated heterocycles. The lowest BCUT2D eigenvalue weighted by Crippen LogP contribution is -2.32. The second-order valence-electron chi connectivity index (χ2n) is 7.01. The molecule has 1 aromatic carbocycles. The molecule has 7 heteroatoms. The minimum absolute atomic E-state index is 0.00482. The van der Waals surface area contributed by atoms with Crippen molar-refractivity contribution in [1.82, 2.24) is 25.1 Å². The maximum atomic E-state index is 12.5. The Hall–Kier alpha value is -2.67. The third-order valence-corrected chi connectivity index (χ3v) is 6.07. The molecule has 2 aromatic heterocycles. The zero-order valence-electron chi connectivity index (χ0n) is 16.1. The Balaban J connectivity index is 1.49. The smallest absolute Gasteiger partial charge is 0.230 e. The molecule has 0 radical (unpaired) electrons. The molecule has 1 amide bonds. The van der Waals surface area contributed by atoms with Gasteiger partial charge in [-0.15, -0.1) is 0 Å². The highest BCUT2D eigenvalue weighted by Crippen LogP contribution is 2.32. The van der Waals surface area contributed by atoms with Crippen molar-refractivity contribution in [2.24, 2.45) is 0 Å². The molecule has 0 unspecified atom stereocenters. The number of thioether (sulfide) groups is 1. The number of fused-ring (bicyclic) bond motifs is 1. The van der Waals surface area contributed by atoms with Crippen LogP contribution in [-0.2, 0) is 11.2 Å². The number of hydrogen-bond acceptors (Lipinski definition) is 5. The van der Waals surface area contributed by atoms with E-state index in [1.165, 1.54) is 28.6 Å². The van der Waals surface area contributed by atoms with Gasteiger partial charge in [-0.2, -0.15) is 5.10 Å². The zero-order valence-corrected chi connectivity index (χ0v) is 16.9. The van der Waals surface area contributed by atoms with E-state index in [1.807, 2.05) is 10.9 Å². The standard InChI is InChI=1S/C21H23N5OS/c1-14-6-3-8-18(15(14)2)26-19-9-4-7-17(16(19)12-24-26)25-20(27)13-28-21-22-10-5-11-23-21/h3,5-6,8,10-12,17H,4,7,9,13H2,1-2H3,(H,25,27)/t17-/m1/s1. The highest BCUT2D eigenvalue weighted by atomic mass is 32.2. The van der Waals surface area contributed by atoms with Crippen LogP contribution in [0.25, 0.3) is 5.69 Å². The van der Waals surface area contributed by atoms with Gasteiger partial charge in [-0.3, -0.25) is 4.79 Å². The van der Waals surface area contributed by atoms with Crippen molar-refractivity contribution in [2.75, 3.05) is 5.75 Å². The van der Waals surface area contributed by atoms with Crippen LogP contribution in [0.1, 0.15) is 41.3 Å². The van der Waals surface area contributed by atoms with Gasteiger partial charge in [0.25, 0.3) is 0 Å². The van der Waals surface area contributed by atoms with Crippen LogP contribution in [0.3, 0.4) is 0 Å². The number of nitrogens with one attached hydrogen (secondary N) is 1. The maximum Gasteiger partial charge on any atom is 0.230 e. The summed E-state index contributed by atoms with van der Waals surface area (Å²) in [7, 11) is 0.